The fourth-order valence-electron chi connectivity index (χ4n) is 3.10. The first-order valence-corrected chi connectivity index (χ1v) is 7.60. The number of aromatic nitrogens is 1. The van der Waals surface area contributed by atoms with E-state index < -0.39 is 0 Å². The molecule has 1 fully saturated rings. The molecule has 0 saturated heterocycles. The largest absolute Gasteiger partial charge is 0.352 e. The molecule has 2 aromatic rings. The quantitative estimate of drug-likeness (QED) is 0.878. The Morgan fingerprint density at radius 2 is 2.05 bits per heavy atom. The first-order valence-electron chi connectivity index (χ1n) is 7.60. The molecule has 1 aromatic heterocycles. The van der Waals surface area contributed by atoms with Crippen LogP contribution in [-0.4, -0.2) is 22.8 Å². The number of carbonyl (C=O) groups excluding carboxylic acids is 2. The van der Waals surface area contributed by atoms with Gasteiger partial charge in [-0.15, -0.1) is 0 Å². The van der Waals surface area contributed by atoms with Crippen molar-refractivity contribution in [2.75, 3.05) is 0 Å². The first kappa shape index (κ1) is 13.9. The summed E-state index contributed by atoms with van der Waals surface area (Å²) in [5, 5.41) is 4.12. The van der Waals surface area contributed by atoms with Crippen molar-refractivity contribution in [3.8, 4) is 0 Å². The van der Waals surface area contributed by atoms with Crippen LogP contribution >= 0.6 is 0 Å². The van der Waals surface area contributed by atoms with Crippen molar-refractivity contribution in [1.82, 2.24) is 9.88 Å². The van der Waals surface area contributed by atoms with Crippen LogP contribution in [-0.2, 0) is 11.3 Å². The molecule has 0 spiro atoms. The Morgan fingerprint density at radius 1 is 1.24 bits per heavy atom. The minimum atomic E-state index is 0.0684. The molecule has 0 aliphatic heterocycles. The Balaban J connectivity index is 1.69. The highest BCUT2D eigenvalue weighted by atomic mass is 16.2. The lowest BCUT2D eigenvalue weighted by Crippen LogP contribution is -2.38. The molecule has 1 heterocycles. The maximum absolute atomic E-state index is 12.2. The van der Waals surface area contributed by atoms with Gasteiger partial charge in [-0.2, -0.15) is 0 Å². The molecule has 21 heavy (non-hydrogen) atoms. The van der Waals surface area contributed by atoms with Gasteiger partial charge in [-0.3, -0.25) is 9.59 Å². The second-order valence-corrected chi connectivity index (χ2v) is 5.78. The predicted octanol–water partition coefficient (Wildman–Crippen LogP) is 2.90. The zero-order valence-electron chi connectivity index (χ0n) is 12.0. The number of nitrogens with one attached hydrogen (secondary N) is 1. The number of hydrogen-bond acceptors (Lipinski definition) is 2. The van der Waals surface area contributed by atoms with Crippen LogP contribution in [0.1, 0.15) is 42.5 Å². The molecular formula is C17H20N2O2. The van der Waals surface area contributed by atoms with E-state index in [0.29, 0.717) is 18.2 Å². The molecule has 1 amide bonds. The van der Waals surface area contributed by atoms with Gasteiger partial charge in [0.1, 0.15) is 12.8 Å². The average molecular weight is 284 g/mol. The second-order valence-electron chi connectivity index (χ2n) is 5.78. The van der Waals surface area contributed by atoms with Crippen LogP contribution in [0.2, 0.25) is 0 Å². The molecule has 110 valence electrons. The van der Waals surface area contributed by atoms with Crippen molar-refractivity contribution in [2.24, 2.45) is 0 Å². The third kappa shape index (κ3) is 3.15. The van der Waals surface area contributed by atoms with E-state index in [2.05, 4.69) is 5.32 Å². The maximum atomic E-state index is 12.2. The number of nitrogens with zero attached hydrogens (tertiary/aromatic N) is 1. The molecule has 4 heteroatoms. The molecule has 1 aromatic carbocycles. The van der Waals surface area contributed by atoms with Gasteiger partial charge in [0, 0.05) is 28.7 Å². The van der Waals surface area contributed by atoms with E-state index in [1.165, 1.54) is 19.3 Å². The summed E-state index contributed by atoms with van der Waals surface area (Å²) >= 11 is 0. The van der Waals surface area contributed by atoms with Gasteiger partial charge < -0.3 is 9.88 Å². The Labute approximate surface area is 124 Å². The topological polar surface area (TPSA) is 51.1 Å². The second kappa shape index (κ2) is 6.12. The number of amides is 1. The minimum Gasteiger partial charge on any atom is -0.352 e. The zero-order valence-corrected chi connectivity index (χ0v) is 12.0. The molecule has 0 bridgehead atoms. The maximum Gasteiger partial charge on any atom is 0.240 e. The molecule has 0 radical (unpaired) electrons. The Morgan fingerprint density at radius 3 is 2.81 bits per heavy atom. The van der Waals surface area contributed by atoms with Crippen molar-refractivity contribution in [2.45, 2.75) is 44.7 Å². The lowest BCUT2D eigenvalue weighted by atomic mass is 9.95. The molecule has 3 rings (SSSR count). The minimum absolute atomic E-state index is 0.0684. The number of hydrogen-bond donors (Lipinski definition) is 1. The number of carbonyl (C=O) groups is 2. The van der Waals surface area contributed by atoms with Crippen molar-refractivity contribution < 1.29 is 9.59 Å². The van der Waals surface area contributed by atoms with E-state index in [4.69, 9.17) is 0 Å². The highest BCUT2D eigenvalue weighted by Gasteiger charge is 2.16. The van der Waals surface area contributed by atoms with Crippen molar-refractivity contribution in [1.29, 1.82) is 0 Å². The van der Waals surface area contributed by atoms with E-state index in [1.807, 2.05) is 29.0 Å². The third-order valence-electron chi connectivity index (χ3n) is 4.22. The van der Waals surface area contributed by atoms with Crippen molar-refractivity contribution in [3.63, 3.8) is 0 Å². The summed E-state index contributed by atoms with van der Waals surface area (Å²) in [6.07, 6.45) is 8.65. The summed E-state index contributed by atoms with van der Waals surface area (Å²) in [6, 6.07) is 7.81. The van der Waals surface area contributed by atoms with Crippen LogP contribution in [0.25, 0.3) is 10.9 Å². The Kier molecular flexibility index (Phi) is 4.04. The van der Waals surface area contributed by atoms with Crippen LogP contribution in [0.5, 0.6) is 0 Å². The Bertz CT molecular complexity index is 654. The van der Waals surface area contributed by atoms with Crippen LogP contribution in [0, 0.1) is 0 Å². The summed E-state index contributed by atoms with van der Waals surface area (Å²) in [5.41, 5.74) is 1.64. The molecule has 0 unspecified atom stereocenters. The van der Waals surface area contributed by atoms with Crippen LogP contribution in [0.3, 0.4) is 0 Å². The van der Waals surface area contributed by atoms with Gasteiger partial charge in [-0.05, 0) is 37.1 Å². The fourth-order valence-corrected chi connectivity index (χ4v) is 3.10. The van der Waals surface area contributed by atoms with Crippen molar-refractivity contribution in [3.05, 3.63) is 36.0 Å². The van der Waals surface area contributed by atoms with Gasteiger partial charge in [0.15, 0.2) is 0 Å². The molecule has 1 N–H and O–H groups in total. The van der Waals surface area contributed by atoms with Crippen LogP contribution in [0.4, 0.5) is 0 Å². The number of benzene rings is 1. The van der Waals surface area contributed by atoms with Gasteiger partial charge in [-0.25, -0.2) is 0 Å². The summed E-state index contributed by atoms with van der Waals surface area (Å²) < 4.78 is 1.93. The number of rotatable bonds is 4. The van der Waals surface area contributed by atoms with Gasteiger partial charge in [0.05, 0.1) is 0 Å². The summed E-state index contributed by atoms with van der Waals surface area (Å²) in [5.74, 6) is 0.0684. The normalized spacial score (nSPS) is 16.0. The van der Waals surface area contributed by atoms with Gasteiger partial charge in [0.25, 0.3) is 0 Å². The first-order chi connectivity index (χ1) is 10.3. The van der Waals surface area contributed by atoms with Crippen LogP contribution in [0.15, 0.2) is 30.5 Å². The number of fused-ring (bicyclic) bond motifs is 1. The highest BCUT2D eigenvalue weighted by Crippen LogP contribution is 2.19. The monoisotopic (exact) mass is 284 g/mol. The van der Waals surface area contributed by atoms with Gasteiger partial charge in [-0.1, -0.05) is 19.3 Å². The number of aldehydes is 1. The summed E-state index contributed by atoms with van der Waals surface area (Å²) in [6.45, 7) is 0.334. The fraction of sp³-hybridized carbons (Fsp3) is 0.412. The smallest absolute Gasteiger partial charge is 0.240 e. The predicted molar refractivity (Wildman–Crippen MR) is 82.3 cm³/mol. The standard InChI is InChI=1S/C17H20N2O2/c20-12-13-6-7-16-14(10-13)8-9-19(16)11-17(21)18-15-4-2-1-3-5-15/h6-10,12,15H,1-5,11H2,(H,18,21). The van der Waals surface area contributed by atoms with E-state index in [-0.39, 0.29) is 5.91 Å². The zero-order chi connectivity index (χ0) is 14.7. The SMILES string of the molecule is O=Cc1ccc2c(ccn2CC(=O)NC2CCCCC2)c1. The molecule has 1 aliphatic carbocycles. The lowest BCUT2D eigenvalue weighted by Gasteiger charge is -2.22. The molecular weight excluding hydrogens is 264 g/mol. The summed E-state index contributed by atoms with van der Waals surface area (Å²) in [7, 11) is 0. The molecule has 1 saturated carbocycles. The van der Waals surface area contributed by atoms with Gasteiger partial charge >= 0.3 is 0 Å². The lowest BCUT2D eigenvalue weighted by molar-refractivity contribution is -0.122. The summed E-state index contributed by atoms with van der Waals surface area (Å²) in [4.78, 5) is 22.9. The molecule has 1 aliphatic rings. The van der Waals surface area contributed by atoms with Crippen LogP contribution < -0.4 is 5.32 Å². The van der Waals surface area contributed by atoms with E-state index in [1.54, 1.807) is 6.07 Å². The van der Waals surface area contributed by atoms with Crippen molar-refractivity contribution >= 4 is 23.1 Å². The van der Waals surface area contributed by atoms with E-state index in [9.17, 15) is 9.59 Å². The van der Waals surface area contributed by atoms with E-state index in [0.717, 1.165) is 30.0 Å². The highest BCUT2D eigenvalue weighted by molar-refractivity contribution is 5.88. The van der Waals surface area contributed by atoms with Gasteiger partial charge in [0.2, 0.25) is 5.91 Å². The third-order valence-corrected chi connectivity index (χ3v) is 4.22. The molecule has 4 nitrogen and oxygen atoms in total. The average Bonchev–Trinajstić information content (AvgIpc) is 2.90. The molecule has 0 atom stereocenters. The van der Waals surface area contributed by atoms with E-state index >= 15 is 0 Å². The Hall–Kier alpha value is -2.10.